The number of piperidine rings is 1. The third kappa shape index (κ3) is 5.10. The number of nitrogens with two attached hydrogens (primary N) is 1. The molecule has 6 nitrogen and oxygen atoms in total. The van der Waals surface area contributed by atoms with Crippen molar-refractivity contribution in [2.75, 3.05) is 31.6 Å². The summed E-state index contributed by atoms with van der Waals surface area (Å²) in [6.07, 6.45) is 2.19. The number of anilines is 1. The van der Waals surface area contributed by atoms with Crippen molar-refractivity contribution < 1.29 is 18.7 Å². The molecule has 0 unspecified atom stereocenters. The van der Waals surface area contributed by atoms with Crippen molar-refractivity contribution in [1.29, 1.82) is 0 Å². The lowest BCUT2D eigenvalue weighted by Gasteiger charge is -2.39. The van der Waals surface area contributed by atoms with Crippen LogP contribution in [-0.2, 0) is 14.3 Å². The number of benzene rings is 1. The van der Waals surface area contributed by atoms with Gasteiger partial charge in [-0.25, -0.2) is 4.39 Å². The monoisotopic (exact) mass is 419 g/mol. The molecule has 0 saturated carbocycles. The first-order chi connectivity index (χ1) is 12.4. The molecule has 2 saturated heterocycles. The van der Waals surface area contributed by atoms with Crippen LogP contribution in [0.4, 0.5) is 10.1 Å². The highest BCUT2D eigenvalue weighted by atomic mass is 35.5. The molecule has 0 bridgehead atoms. The molecule has 150 valence electrons. The molecule has 2 aliphatic rings. The molecule has 0 aromatic heterocycles. The molecule has 2 aliphatic heterocycles. The molecule has 3 N–H and O–H groups in total. The first kappa shape index (κ1) is 21.9. The van der Waals surface area contributed by atoms with Crippen LogP contribution < -0.4 is 11.1 Å². The molecule has 1 aromatic carbocycles. The maximum atomic E-state index is 13.2. The zero-order valence-corrected chi connectivity index (χ0v) is 16.5. The Morgan fingerprint density at radius 3 is 2.48 bits per heavy atom. The van der Waals surface area contributed by atoms with Crippen LogP contribution >= 0.6 is 24.0 Å². The number of ether oxygens (including phenoxy) is 1. The number of rotatable bonds is 3. The Balaban J connectivity index is 0.00000261. The maximum absolute atomic E-state index is 13.2. The Kier molecular flexibility index (Phi) is 7.45. The number of hydrogen-bond acceptors (Lipinski definition) is 4. The highest BCUT2D eigenvalue weighted by Crippen LogP contribution is 2.26. The number of hydrogen-bond donors (Lipinski definition) is 2. The lowest BCUT2D eigenvalue weighted by molar-refractivity contribution is -0.143. The van der Waals surface area contributed by atoms with Crippen molar-refractivity contribution in [3.63, 3.8) is 0 Å². The van der Waals surface area contributed by atoms with Gasteiger partial charge in [0.25, 0.3) is 0 Å². The number of likely N-dealkylation sites (tertiary alicyclic amines) is 1. The molecule has 2 heterocycles. The number of carbonyl (C=O) groups excluding carboxylic acids is 2. The van der Waals surface area contributed by atoms with Crippen molar-refractivity contribution in [2.45, 2.75) is 31.2 Å². The van der Waals surface area contributed by atoms with Crippen LogP contribution in [0.5, 0.6) is 0 Å². The molecule has 0 aliphatic carbocycles. The summed E-state index contributed by atoms with van der Waals surface area (Å²) >= 11 is 5.73. The van der Waals surface area contributed by atoms with E-state index in [4.69, 9.17) is 22.1 Å². The molecular weight excluding hydrogens is 396 g/mol. The summed E-state index contributed by atoms with van der Waals surface area (Å²) in [5.41, 5.74) is 5.87. The highest BCUT2D eigenvalue weighted by molar-refractivity contribution is 6.31. The molecule has 9 heteroatoms. The van der Waals surface area contributed by atoms with E-state index in [1.807, 2.05) is 0 Å². The van der Waals surface area contributed by atoms with E-state index in [1.54, 1.807) is 4.90 Å². The first-order valence-electron chi connectivity index (χ1n) is 8.81. The van der Waals surface area contributed by atoms with E-state index in [2.05, 4.69) is 5.32 Å². The van der Waals surface area contributed by atoms with E-state index < -0.39 is 11.4 Å². The Morgan fingerprint density at radius 1 is 1.26 bits per heavy atom. The third-order valence-electron chi connectivity index (χ3n) is 5.15. The van der Waals surface area contributed by atoms with E-state index in [0.29, 0.717) is 57.7 Å². The fourth-order valence-electron chi connectivity index (χ4n) is 3.43. The van der Waals surface area contributed by atoms with Gasteiger partial charge in [-0.2, -0.15) is 0 Å². The Bertz CT molecular complexity index is 690. The quantitative estimate of drug-likeness (QED) is 0.788. The lowest BCUT2D eigenvalue weighted by Crippen LogP contribution is -2.59. The van der Waals surface area contributed by atoms with E-state index in [-0.39, 0.29) is 35.2 Å². The largest absolute Gasteiger partial charge is 0.381 e. The van der Waals surface area contributed by atoms with Crippen molar-refractivity contribution in [3.05, 3.63) is 29.0 Å². The van der Waals surface area contributed by atoms with Crippen molar-refractivity contribution in [2.24, 2.45) is 11.7 Å². The van der Waals surface area contributed by atoms with Crippen LogP contribution in [0, 0.1) is 11.7 Å². The number of amides is 2. The molecule has 3 rings (SSSR count). The van der Waals surface area contributed by atoms with Gasteiger partial charge >= 0.3 is 0 Å². The Morgan fingerprint density at radius 2 is 1.89 bits per heavy atom. The Labute approximate surface area is 169 Å². The smallest absolute Gasteiger partial charge is 0.242 e. The fourth-order valence-corrected chi connectivity index (χ4v) is 3.61. The number of carbonyl (C=O) groups is 2. The SMILES string of the molecule is Cl.NC1(C(=O)N2CCC(C(=O)Nc3ccc(F)c(Cl)c3)CC2)CCOCC1. The Hall–Kier alpha value is -1.41. The maximum Gasteiger partial charge on any atom is 0.242 e. The second-order valence-electron chi connectivity index (χ2n) is 6.95. The molecule has 27 heavy (non-hydrogen) atoms. The van der Waals surface area contributed by atoms with Gasteiger partial charge in [-0.3, -0.25) is 9.59 Å². The molecular formula is C18H24Cl2FN3O3. The molecule has 2 fully saturated rings. The minimum atomic E-state index is -0.849. The second-order valence-corrected chi connectivity index (χ2v) is 7.36. The van der Waals surface area contributed by atoms with E-state index >= 15 is 0 Å². The first-order valence-corrected chi connectivity index (χ1v) is 9.19. The van der Waals surface area contributed by atoms with E-state index in [9.17, 15) is 14.0 Å². The fraction of sp³-hybridized carbons (Fsp3) is 0.556. The van der Waals surface area contributed by atoms with Crippen LogP contribution in [0.25, 0.3) is 0 Å². The standard InChI is InChI=1S/C18H23ClFN3O3.ClH/c19-14-11-13(1-2-15(14)20)22-16(24)12-3-7-23(8-4-12)17(25)18(21)5-9-26-10-6-18;/h1-2,11-12H,3-10,21H2,(H,22,24);1H. The van der Waals surface area contributed by atoms with E-state index in [0.717, 1.165) is 0 Å². The third-order valence-corrected chi connectivity index (χ3v) is 5.44. The minimum Gasteiger partial charge on any atom is -0.381 e. The summed E-state index contributed by atoms with van der Waals surface area (Å²) in [4.78, 5) is 26.9. The van der Waals surface area contributed by atoms with Crippen LogP contribution in [-0.4, -0.2) is 48.6 Å². The van der Waals surface area contributed by atoms with Gasteiger partial charge in [-0.1, -0.05) is 11.6 Å². The predicted octanol–water partition coefficient (Wildman–Crippen LogP) is 2.59. The predicted molar refractivity (Wildman–Crippen MR) is 104 cm³/mol. The van der Waals surface area contributed by atoms with Crippen molar-refractivity contribution in [3.8, 4) is 0 Å². The summed E-state index contributed by atoms with van der Waals surface area (Å²) in [7, 11) is 0. The number of nitrogens with zero attached hydrogens (tertiary/aromatic N) is 1. The molecule has 0 atom stereocenters. The zero-order chi connectivity index (χ0) is 18.7. The van der Waals surface area contributed by atoms with Gasteiger partial charge in [0, 0.05) is 37.9 Å². The summed E-state index contributed by atoms with van der Waals surface area (Å²) in [5, 5.41) is 2.73. The normalized spacial score (nSPS) is 19.9. The highest BCUT2D eigenvalue weighted by Gasteiger charge is 2.40. The van der Waals surface area contributed by atoms with E-state index in [1.165, 1.54) is 18.2 Å². The number of nitrogens with one attached hydrogen (secondary N) is 1. The summed E-state index contributed by atoms with van der Waals surface area (Å²) < 4.78 is 18.5. The van der Waals surface area contributed by atoms with Crippen molar-refractivity contribution >= 4 is 41.5 Å². The van der Waals surface area contributed by atoms with Gasteiger partial charge in [0.1, 0.15) is 5.82 Å². The van der Waals surface area contributed by atoms with Gasteiger partial charge in [-0.05, 0) is 43.9 Å². The summed E-state index contributed by atoms with van der Waals surface area (Å²) in [6, 6.07) is 4.08. The summed E-state index contributed by atoms with van der Waals surface area (Å²) in [5.74, 6) is -0.926. The molecule has 0 spiro atoms. The van der Waals surface area contributed by atoms with Gasteiger partial charge in [0.2, 0.25) is 11.8 Å². The van der Waals surface area contributed by atoms with Crippen LogP contribution in [0.3, 0.4) is 0 Å². The molecule has 1 aromatic rings. The average molecular weight is 420 g/mol. The second kappa shape index (κ2) is 9.19. The van der Waals surface area contributed by atoms with Crippen LogP contribution in [0.2, 0.25) is 5.02 Å². The molecule has 2 amide bonds. The van der Waals surface area contributed by atoms with Gasteiger partial charge in [0.05, 0.1) is 10.6 Å². The van der Waals surface area contributed by atoms with Crippen LogP contribution in [0.15, 0.2) is 18.2 Å². The summed E-state index contributed by atoms with van der Waals surface area (Å²) in [6.45, 7) is 2.00. The van der Waals surface area contributed by atoms with Gasteiger partial charge < -0.3 is 20.7 Å². The molecule has 0 radical (unpaired) electrons. The topological polar surface area (TPSA) is 84.7 Å². The van der Waals surface area contributed by atoms with Gasteiger partial charge in [-0.15, -0.1) is 12.4 Å². The number of halogens is 3. The van der Waals surface area contributed by atoms with Gasteiger partial charge in [0.15, 0.2) is 0 Å². The van der Waals surface area contributed by atoms with Crippen LogP contribution in [0.1, 0.15) is 25.7 Å². The average Bonchev–Trinajstić information content (AvgIpc) is 2.65. The van der Waals surface area contributed by atoms with Crippen molar-refractivity contribution in [1.82, 2.24) is 4.90 Å². The lowest BCUT2D eigenvalue weighted by atomic mass is 9.87. The zero-order valence-electron chi connectivity index (χ0n) is 14.9. The minimum absolute atomic E-state index is 0.